The molecule has 0 aliphatic carbocycles. The van der Waals surface area contributed by atoms with E-state index in [9.17, 15) is 9.90 Å². The van der Waals surface area contributed by atoms with Crippen molar-refractivity contribution in [1.29, 1.82) is 0 Å². The zero-order valence-corrected chi connectivity index (χ0v) is 14.4. The van der Waals surface area contributed by atoms with Crippen molar-refractivity contribution < 1.29 is 9.90 Å². The number of anilines is 1. The van der Waals surface area contributed by atoms with Crippen LogP contribution in [-0.4, -0.2) is 59.8 Å². The summed E-state index contributed by atoms with van der Waals surface area (Å²) in [5, 5.41) is 12.8. The Morgan fingerprint density at radius 1 is 1.38 bits per heavy atom. The van der Waals surface area contributed by atoms with Gasteiger partial charge in [-0.3, -0.25) is 0 Å². The summed E-state index contributed by atoms with van der Waals surface area (Å²) in [5.41, 5.74) is 0.0138. The predicted molar refractivity (Wildman–Crippen MR) is 94.0 cm³/mol. The highest BCUT2D eigenvalue weighted by molar-refractivity contribution is 5.74. The topological polar surface area (TPSA) is 68.7 Å². The van der Waals surface area contributed by atoms with E-state index in [1.165, 1.54) is 0 Å². The van der Waals surface area contributed by atoms with E-state index in [0.29, 0.717) is 0 Å². The molecule has 2 aliphatic rings. The van der Waals surface area contributed by atoms with Crippen molar-refractivity contribution >= 4 is 11.8 Å². The first-order chi connectivity index (χ1) is 11.7. The van der Waals surface area contributed by atoms with Crippen LogP contribution in [0.25, 0.3) is 0 Å². The number of piperidine rings is 1. The number of hydrogen-bond acceptors (Lipinski definition) is 4. The van der Waals surface area contributed by atoms with Crippen LogP contribution < -0.4 is 10.2 Å². The lowest BCUT2D eigenvalue weighted by molar-refractivity contribution is 0.0516. The van der Waals surface area contributed by atoms with Crippen LogP contribution in [0.15, 0.2) is 24.4 Å². The summed E-state index contributed by atoms with van der Waals surface area (Å²) in [4.78, 5) is 21.0. The number of pyridine rings is 1. The second kappa shape index (κ2) is 7.38. The lowest BCUT2D eigenvalue weighted by atomic mass is 9.77. The second-order valence-corrected chi connectivity index (χ2v) is 7.07. The number of amides is 2. The smallest absolute Gasteiger partial charge is 0.317 e. The lowest BCUT2D eigenvalue weighted by Crippen LogP contribution is -2.51. The van der Waals surface area contributed by atoms with Crippen LogP contribution in [0.2, 0.25) is 0 Å². The molecule has 3 heterocycles. The molecule has 24 heavy (non-hydrogen) atoms. The van der Waals surface area contributed by atoms with Gasteiger partial charge in [-0.2, -0.15) is 0 Å². The third-order valence-electron chi connectivity index (χ3n) is 5.69. The molecule has 2 saturated heterocycles. The number of carbonyl (C=O) groups is 1. The van der Waals surface area contributed by atoms with E-state index in [1.807, 2.05) is 23.1 Å². The number of nitrogens with one attached hydrogen (secondary N) is 1. The van der Waals surface area contributed by atoms with Gasteiger partial charge >= 0.3 is 6.03 Å². The molecule has 0 aromatic carbocycles. The van der Waals surface area contributed by atoms with E-state index >= 15 is 0 Å². The number of urea groups is 1. The van der Waals surface area contributed by atoms with E-state index in [1.54, 1.807) is 6.20 Å². The van der Waals surface area contributed by atoms with Crippen LogP contribution in [0.1, 0.15) is 32.6 Å². The molecule has 6 heteroatoms. The number of hydrogen-bond donors (Lipinski definition) is 2. The molecule has 0 saturated carbocycles. The fourth-order valence-electron chi connectivity index (χ4n) is 3.70. The summed E-state index contributed by atoms with van der Waals surface area (Å²) in [6, 6.07) is 6.12. The first-order valence-corrected chi connectivity index (χ1v) is 8.98. The van der Waals surface area contributed by atoms with Gasteiger partial charge in [0.05, 0.1) is 0 Å². The van der Waals surface area contributed by atoms with Crippen molar-refractivity contribution in [1.82, 2.24) is 15.2 Å². The molecular formula is C18H28N4O2. The van der Waals surface area contributed by atoms with Crippen molar-refractivity contribution in [3.05, 3.63) is 24.4 Å². The molecule has 1 aromatic heterocycles. The van der Waals surface area contributed by atoms with Gasteiger partial charge in [0.2, 0.25) is 0 Å². The summed E-state index contributed by atoms with van der Waals surface area (Å²) in [6.45, 7) is 5.54. The number of carbonyl (C=O) groups excluding carboxylic acids is 1. The summed E-state index contributed by atoms with van der Waals surface area (Å²) in [6.07, 6.45) is 5.50. The Morgan fingerprint density at radius 3 is 2.79 bits per heavy atom. The van der Waals surface area contributed by atoms with Gasteiger partial charge in [0.1, 0.15) is 5.82 Å². The number of aromatic nitrogens is 1. The maximum atomic E-state index is 12.5. The van der Waals surface area contributed by atoms with Crippen LogP contribution >= 0.6 is 0 Å². The summed E-state index contributed by atoms with van der Waals surface area (Å²) >= 11 is 0. The fourth-order valence-corrected chi connectivity index (χ4v) is 3.70. The standard InChI is InChI=1S/C18H28N4O2/c1-2-18(14-23)7-11-21(12-8-18)17(24)20-15-6-10-22(13-15)16-5-3-4-9-19-16/h3-5,9,15,23H,2,6-8,10-14H2,1H3,(H,20,24). The van der Waals surface area contributed by atoms with Crippen molar-refractivity contribution in [3.8, 4) is 0 Å². The number of aliphatic hydroxyl groups is 1. The average Bonchev–Trinajstić information content (AvgIpc) is 3.11. The molecular weight excluding hydrogens is 304 g/mol. The predicted octanol–water partition coefficient (Wildman–Crippen LogP) is 1.85. The summed E-state index contributed by atoms with van der Waals surface area (Å²) in [7, 11) is 0. The van der Waals surface area contributed by atoms with Crippen LogP contribution in [0.3, 0.4) is 0 Å². The number of rotatable bonds is 4. The van der Waals surface area contributed by atoms with Gasteiger partial charge in [-0.1, -0.05) is 13.0 Å². The van der Waals surface area contributed by atoms with Crippen molar-refractivity contribution in [2.75, 3.05) is 37.7 Å². The molecule has 1 aromatic rings. The lowest BCUT2D eigenvalue weighted by Gasteiger charge is -2.40. The molecule has 3 rings (SSSR count). The molecule has 132 valence electrons. The zero-order chi connectivity index (χ0) is 17.0. The minimum Gasteiger partial charge on any atom is -0.396 e. The van der Waals surface area contributed by atoms with Crippen LogP contribution in [-0.2, 0) is 0 Å². The first-order valence-electron chi connectivity index (χ1n) is 8.98. The number of likely N-dealkylation sites (tertiary alicyclic amines) is 1. The Labute approximate surface area is 143 Å². The van der Waals surface area contributed by atoms with Gasteiger partial charge in [-0.25, -0.2) is 9.78 Å². The van der Waals surface area contributed by atoms with Crippen LogP contribution in [0, 0.1) is 5.41 Å². The molecule has 2 aliphatic heterocycles. The monoisotopic (exact) mass is 332 g/mol. The number of nitrogens with zero attached hydrogens (tertiary/aromatic N) is 3. The molecule has 0 spiro atoms. The average molecular weight is 332 g/mol. The van der Waals surface area contributed by atoms with Gasteiger partial charge < -0.3 is 20.2 Å². The quantitative estimate of drug-likeness (QED) is 0.883. The molecule has 1 atom stereocenters. The Bertz CT molecular complexity index is 537. The van der Waals surface area contributed by atoms with E-state index in [-0.39, 0.29) is 24.1 Å². The maximum Gasteiger partial charge on any atom is 0.317 e. The Balaban J connectivity index is 1.48. The van der Waals surface area contributed by atoms with Gasteiger partial charge in [0.25, 0.3) is 0 Å². The molecule has 2 amide bonds. The molecule has 1 unspecified atom stereocenters. The third-order valence-corrected chi connectivity index (χ3v) is 5.69. The van der Waals surface area contributed by atoms with Gasteiger partial charge in [-0.05, 0) is 43.2 Å². The van der Waals surface area contributed by atoms with E-state index in [2.05, 4.69) is 22.1 Å². The molecule has 6 nitrogen and oxygen atoms in total. The largest absolute Gasteiger partial charge is 0.396 e. The van der Waals surface area contributed by atoms with Crippen LogP contribution in [0.5, 0.6) is 0 Å². The van der Waals surface area contributed by atoms with Gasteiger partial charge in [0, 0.05) is 45.0 Å². The second-order valence-electron chi connectivity index (χ2n) is 7.07. The zero-order valence-electron chi connectivity index (χ0n) is 14.4. The van der Waals surface area contributed by atoms with E-state index < -0.39 is 0 Å². The van der Waals surface area contributed by atoms with Crippen molar-refractivity contribution in [2.45, 2.75) is 38.6 Å². The van der Waals surface area contributed by atoms with Crippen LogP contribution in [0.4, 0.5) is 10.6 Å². The Hall–Kier alpha value is -1.82. The first kappa shape index (κ1) is 17.0. The van der Waals surface area contributed by atoms with Crippen molar-refractivity contribution in [3.63, 3.8) is 0 Å². The highest BCUT2D eigenvalue weighted by Gasteiger charge is 2.34. The highest BCUT2D eigenvalue weighted by atomic mass is 16.3. The summed E-state index contributed by atoms with van der Waals surface area (Å²) in [5.74, 6) is 0.975. The minimum absolute atomic E-state index is 0.0138. The Morgan fingerprint density at radius 2 is 2.17 bits per heavy atom. The third kappa shape index (κ3) is 3.64. The molecule has 2 N–H and O–H groups in total. The number of aliphatic hydroxyl groups excluding tert-OH is 1. The summed E-state index contributed by atoms with van der Waals surface area (Å²) < 4.78 is 0. The molecule has 0 bridgehead atoms. The Kier molecular flexibility index (Phi) is 5.23. The van der Waals surface area contributed by atoms with E-state index in [4.69, 9.17) is 0 Å². The van der Waals surface area contributed by atoms with Gasteiger partial charge in [0.15, 0.2) is 0 Å². The fraction of sp³-hybridized carbons (Fsp3) is 0.667. The SMILES string of the molecule is CCC1(CO)CCN(C(=O)NC2CCN(c3ccccn3)C2)CC1. The highest BCUT2D eigenvalue weighted by Crippen LogP contribution is 2.34. The normalized spacial score (nSPS) is 23.3. The van der Waals surface area contributed by atoms with E-state index in [0.717, 1.165) is 57.7 Å². The maximum absolute atomic E-state index is 12.5. The minimum atomic E-state index is 0.0138. The van der Waals surface area contributed by atoms with Crippen molar-refractivity contribution in [2.24, 2.45) is 5.41 Å². The molecule has 0 radical (unpaired) electrons. The molecule has 2 fully saturated rings. The van der Waals surface area contributed by atoms with Gasteiger partial charge in [-0.15, -0.1) is 0 Å².